The summed E-state index contributed by atoms with van der Waals surface area (Å²) in [4.78, 5) is 22.5. The molecule has 0 fully saturated rings. The van der Waals surface area contributed by atoms with Crippen LogP contribution in [0, 0.1) is 0 Å². The molecule has 0 saturated heterocycles. The molecule has 0 aliphatic rings. The molecule has 10 heteroatoms. The van der Waals surface area contributed by atoms with Crippen molar-refractivity contribution in [3.63, 3.8) is 0 Å². The first kappa shape index (κ1) is 51.5. The lowest BCUT2D eigenvalue weighted by Crippen LogP contribution is -2.29. The normalized spacial score (nSPS) is 14.0. The number of carbonyl (C=O) groups excluding carboxylic acids is 1. The number of aliphatic hydroxyl groups is 2. The average molecular weight is 765 g/mol. The van der Waals surface area contributed by atoms with Crippen LogP contribution in [-0.4, -0.2) is 66.3 Å². The number of phosphoric acid groups is 1. The molecular weight excluding hydrogens is 679 g/mol. The molecular formula is C42H85O9P. The Bertz CT molecular complexity index is 785. The molecule has 52 heavy (non-hydrogen) atoms. The second kappa shape index (κ2) is 40.1. The van der Waals surface area contributed by atoms with Crippen molar-refractivity contribution >= 4 is 13.8 Å². The Morgan fingerprint density at radius 2 is 0.865 bits per heavy atom. The van der Waals surface area contributed by atoms with Gasteiger partial charge in [-0.3, -0.25) is 13.8 Å². The summed E-state index contributed by atoms with van der Waals surface area (Å²) in [6.45, 7) is 3.55. The van der Waals surface area contributed by atoms with E-state index in [4.69, 9.17) is 23.6 Å². The van der Waals surface area contributed by atoms with Gasteiger partial charge in [-0.15, -0.1) is 0 Å². The Kier molecular flexibility index (Phi) is 39.7. The van der Waals surface area contributed by atoms with Gasteiger partial charge in [-0.1, -0.05) is 200 Å². The average Bonchev–Trinajstić information content (AvgIpc) is 3.13. The summed E-state index contributed by atoms with van der Waals surface area (Å²) in [5, 5.41) is 18.3. The van der Waals surface area contributed by atoms with Gasteiger partial charge in [0.2, 0.25) is 0 Å². The van der Waals surface area contributed by atoms with Gasteiger partial charge in [0.1, 0.15) is 12.2 Å². The zero-order valence-electron chi connectivity index (χ0n) is 34.1. The summed E-state index contributed by atoms with van der Waals surface area (Å²) in [5.74, 6) is -0.377. The van der Waals surface area contributed by atoms with Gasteiger partial charge in [-0.25, -0.2) is 4.57 Å². The molecule has 0 aliphatic heterocycles. The first-order chi connectivity index (χ1) is 25.3. The molecule has 0 aliphatic carbocycles. The lowest BCUT2D eigenvalue weighted by atomic mass is 10.0. The summed E-state index contributed by atoms with van der Waals surface area (Å²) >= 11 is 0. The summed E-state index contributed by atoms with van der Waals surface area (Å²) < 4.78 is 33.3. The van der Waals surface area contributed by atoms with E-state index in [0.29, 0.717) is 6.61 Å². The fraction of sp³-hybridized carbons (Fsp3) is 0.976. The number of carbonyl (C=O) groups is 1. The molecule has 0 bridgehead atoms. The summed E-state index contributed by atoms with van der Waals surface area (Å²) in [7, 11) is -4.50. The van der Waals surface area contributed by atoms with E-state index < -0.39 is 33.2 Å². The van der Waals surface area contributed by atoms with Crippen LogP contribution in [0.1, 0.15) is 219 Å². The number of hydrogen-bond acceptors (Lipinski definition) is 8. The van der Waals surface area contributed by atoms with Crippen molar-refractivity contribution in [1.82, 2.24) is 0 Å². The number of ether oxygens (including phenoxy) is 2. The van der Waals surface area contributed by atoms with Gasteiger partial charge in [-0.05, 0) is 12.8 Å². The van der Waals surface area contributed by atoms with Crippen LogP contribution < -0.4 is 0 Å². The van der Waals surface area contributed by atoms with Gasteiger partial charge in [0.05, 0.1) is 26.4 Å². The van der Waals surface area contributed by atoms with Gasteiger partial charge in [0.25, 0.3) is 0 Å². The number of rotatable bonds is 43. The molecule has 3 unspecified atom stereocenters. The van der Waals surface area contributed by atoms with E-state index in [0.717, 1.165) is 32.1 Å². The van der Waals surface area contributed by atoms with Crippen LogP contribution in [0.4, 0.5) is 0 Å². The monoisotopic (exact) mass is 765 g/mol. The smallest absolute Gasteiger partial charge is 0.457 e. The van der Waals surface area contributed by atoms with E-state index in [-0.39, 0.29) is 25.6 Å². The Labute approximate surface area is 320 Å². The van der Waals surface area contributed by atoms with E-state index >= 15 is 0 Å². The fourth-order valence-corrected chi connectivity index (χ4v) is 7.21. The number of aliphatic hydroxyl groups excluding tert-OH is 2. The SMILES string of the molecule is CCCCCCCCCCCCCCCCCCCCCCCCC(=O)OC(COCCCCCCCCCCC)COP(=O)(O)OCC(O)CO. The Hall–Kier alpha value is -0.540. The molecule has 0 aromatic carbocycles. The molecule has 0 heterocycles. The summed E-state index contributed by atoms with van der Waals surface area (Å²) in [6.07, 6.45) is 37.9. The van der Waals surface area contributed by atoms with Crippen LogP contribution in [-0.2, 0) is 27.9 Å². The highest BCUT2D eigenvalue weighted by Gasteiger charge is 2.26. The van der Waals surface area contributed by atoms with E-state index in [9.17, 15) is 19.4 Å². The highest BCUT2D eigenvalue weighted by atomic mass is 31.2. The zero-order valence-corrected chi connectivity index (χ0v) is 35.0. The molecule has 0 spiro atoms. The van der Waals surface area contributed by atoms with Crippen molar-refractivity contribution < 1.29 is 43.0 Å². The lowest BCUT2D eigenvalue weighted by molar-refractivity contribution is -0.154. The largest absolute Gasteiger partial charge is 0.472 e. The third kappa shape index (κ3) is 39.2. The van der Waals surface area contributed by atoms with Crippen LogP contribution in [0.2, 0.25) is 0 Å². The fourth-order valence-electron chi connectivity index (χ4n) is 6.42. The first-order valence-electron chi connectivity index (χ1n) is 22.0. The lowest BCUT2D eigenvalue weighted by Gasteiger charge is -2.20. The molecule has 3 N–H and O–H groups in total. The predicted octanol–water partition coefficient (Wildman–Crippen LogP) is 11.9. The Morgan fingerprint density at radius 1 is 0.519 bits per heavy atom. The third-order valence-corrected chi connectivity index (χ3v) is 10.7. The van der Waals surface area contributed by atoms with Crippen LogP contribution in [0.25, 0.3) is 0 Å². The quantitative estimate of drug-likeness (QED) is 0.0315. The topological polar surface area (TPSA) is 132 Å². The van der Waals surface area contributed by atoms with Crippen LogP contribution in [0.15, 0.2) is 0 Å². The number of hydrogen-bond donors (Lipinski definition) is 3. The van der Waals surface area contributed by atoms with Gasteiger partial charge < -0.3 is 24.6 Å². The molecule has 9 nitrogen and oxygen atoms in total. The first-order valence-corrected chi connectivity index (χ1v) is 23.5. The zero-order chi connectivity index (χ0) is 38.2. The van der Waals surface area contributed by atoms with Crippen molar-refractivity contribution in [1.29, 1.82) is 0 Å². The second-order valence-electron chi connectivity index (χ2n) is 15.1. The molecule has 0 saturated carbocycles. The van der Waals surface area contributed by atoms with Crippen LogP contribution in [0.3, 0.4) is 0 Å². The van der Waals surface area contributed by atoms with Crippen molar-refractivity contribution in [2.24, 2.45) is 0 Å². The molecule has 0 rings (SSSR count). The van der Waals surface area contributed by atoms with Gasteiger partial charge in [0.15, 0.2) is 0 Å². The van der Waals surface area contributed by atoms with Gasteiger partial charge in [-0.2, -0.15) is 0 Å². The van der Waals surface area contributed by atoms with Crippen molar-refractivity contribution in [2.45, 2.75) is 232 Å². The van der Waals surface area contributed by atoms with Crippen LogP contribution >= 0.6 is 7.82 Å². The molecule has 0 aromatic rings. The number of esters is 1. The molecule has 0 radical (unpaired) electrons. The van der Waals surface area contributed by atoms with Crippen molar-refractivity contribution in [2.75, 3.05) is 33.0 Å². The molecule has 312 valence electrons. The predicted molar refractivity (Wildman–Crippen MR) is 215 cm³/mol. The standard InChI is InChI=1S/C42H85O9P/c1-3-5-7-9-11-13-14-15-16-17-18-19-20-21-22-23-24-25-26-28-30-32-34-42(45)51-41(39-50-52(46,47)49-37-40(44)36-43)38-48-35-33-31-29-27-12-10-8-6-4-2/h40-41,43-44H,3-39H2,1-2H3,(H,46,47). The minimum atomic E-state index is -4.50. The highest BCUT2D eigenvalue weighted by molar-refractivity contribution is 7.47. The summed E-state index contributed by atoms with van der Waals surface area (Å²) in [5.41, 5.74) is 0. The number of unbranched alkanes of at least 4 members (excludes halogenated alkanes) is 29. The third-order valence-electron chi connectivity index (χ3n) is 9.79. The Morgan fingerprint density at radius 3 is 1.25 bits per heavy atom. The van der Waals surface area contributed by atoms with Crippen LogP contribution in [0.5, 0.6) is 0 Å². The van der Waals surface area contributed by atoms with Crippen molar-refractivity contribution in [3.05, 3.63) is 0 Å². The number of phosphoric ester groups is 1. The minimum absolute atomic E-state index is 0.0569. The molecule has 0 amide bonds. The summed E-state index contributed by atoms with van der Waals surface area (Å²) in [6, 6.07) is 0. The minimum Gasteiger partial charge on any atom is -0.457 e. The van der Waals surface area contributed by atoms with Crippen molar-refractivity contribution in [3.8, 4) is 0 Å². The Balaban J connectivity index is 3.98. The van der Waals surface area contributed by atoms with E-state index in [1.165, 1.54) is 167 Å². The maximum Gasteiger partial charge on any atom is 0.472 e. The maximum atomic E-state index is 12.6. The van der Waals surface area contributed by atoms with Gasteiger partial charge in [0, 0.05) is 13.0 Å². The van der Waals surface area contributed by atoms with Gasteiger partial charge >= 0.3 is 13.8 Å². The van der Waals surface area contributed by atoms with E-state index in [2.05, 4.69) is 13.8 Å². The second-order valence-corrected chi connectivity index (χ2v) is 16.5. The molecule has 3 atom stereocenters. The maximum absolute atomic E-state index is 12.6. The highest BCUT2D eigenvalue weighted by Crippen LogP contribution is 2.43. The molecule has 0 aromatic heterocycles. The van der Waals surface area contributed by atoms with E-state index in [1.807, 2.05) is 0 Å². The van der Waals surface area contributed by atoms with E-state index in [1.54, 1.807) is 0 Å².